The molecule has 1 amide bonds. The van der Waals surface area contributed by atoms with Gasteiger partial charge in [0.15, 0.2) is 0 Å². The van der Waals surface area contributed by atoms with Gasteiger partial charge >= 0.3 is 0 Å². The lowest BCUT2D eigenvalue weighted by Gasteiger charge is -2.24. The van der Waals surface area contributed by atoms with Gasteiger partial charge in [-0.3, -0.25) is 4.79 Å². The summed E-state index contributed by atoms with van der Waals surface area (Å²) in [5.74, 6) is 0.874. The second-order valence-electron chi connectivity index (χ2n) is 6.66. The molecule has 1 atom stereocenters. The molecule has 0 radical (unpaired) electrons. The summed E-state index contributed by atoms with van der Waals surface area (Å²) in [5, 5.41) is 7.00. The minimum absolute atomic E-state index is 0. The second kappa shape index (κ2) is 9.20. The molecule has 2 fully saturated rings. The Bertz CT molecular complexity index is 589. The Morgan fingerprint density at radius 3 is 2.40 bits per heavy atom. The van der Waals surface area contributed by atoms with Crippen molar-refractivity contribution in [3.8, 4) is 5.75 Å². The first-order chi connectivity index (χ1) is 12.0. The highest BCUT2D eigenvalue weighted by Crippen LogP contribution is 2.54. The van der Waals surface area contributed by atoms with Crippen LogP contribution in [-0.2, 0) is 0 Å². The van der Waals surface area contributed by atoms with Gasteiger partial charge in [0.05, 0.1) is 7.11 Å². The number of carbonyl (C=O) groups is 1. The first-order valence-corrected chi connectivity index (χ1v) is 9.11. The number of aryl methyl sites for hydroxylation is 2. The van der Waals surface area contributed by atoms with Crippen LogP contribution >= 0.6 is 0 Å². The van der Waals surface area contributed by atoms with E-state index < -0.39 is 0 Å². The van der Waals surface area contributed by atoms with E-state index in [1.807, 2.05) is 44.7 Å². The minimum atomic E-state index is 0. The standard InChI is InChI=1S/C17H24N2O2.C2H6.CH4O.H2/c1-11-6-12(2)15(21-3)7-14(11)16(20)19-10-17(4-5-17)8-13(19)9-18;2*1-2;/h6-7,13H,4-5,8-10,18H2,1-3H3;1-2H3;2H,1H3;1H. The lowest BCUT2D eigenvalue weighted by molar-refractivity contribution is 0.0734. The second-order valence-corrected chi connectivity index (χ2v) is 6.66. The molecule has 0 bridgehead atoms. The molecule has 1 aliphatic carbocycles. The Morgan fingerprint density at radius 1 is 1.32 bits per heavy atom. The number of hydrogen-bond donors (Lipinski definition) is 2. The third kappa shape index (κ3) is 4.53. The fraction of sp³-hybridized carbons (Fsp3) is 0.650. The van der Waals surface area contributed by atoms with E-state index in [2.05, 4.69) is 0 Å². The highest BCUT2D eigenvalue weighted by Gasteiger charge is 2.52. The third-order valence-corrected chi connectivity index (χ3v) is 5.08. The molecule has 144 valence electrons. The molecular weight excluding hydrogens is 316 g/mol. The van der Waals surface area contributed by atoms with Crippen LogP contribution in [0.1, 0.15) is 56.0 Å². The summed E-state index contributed by atoms with van der Waals surface area (Å²) in [6.45, 7) is 9.40. The number of aliphatic hydroxyl groups is 1. The van der Waals surface area contributed by atoms with Crippen LogP contribution in [0.25, 0.3) is 0 Å². The maximum absolute atomic E-state index is 12.9. The highest BCUT2D eigenvalue weighted by molar-refractivity contribution is 5.96. The molecule has 25 heavy (non-hydrogen) atoms. The number of nitrogens with two attached hydrogens (primary N) is 1. The Hall–Kier alpha value is -1.59. The maximum Gasteiger partial charge on any atom is 0.254 e. The monoisotopic (exact) mass is 352 g/mol. The largest absolute Gasteiger partial charge is 0.496 e. The molecule has 3 rings (SSSR count). The molecule has 1 unspecified atom stereocenters. The average Bonchev–Trinajstić information content (AvgIpc) is 3.29. The number of methoxy groups -OCH3 is 1. The average molecular weight is 353 g/mol. The molecule has 1 saturated heterocycles. The molecule has 1 aromatic rings. The van der Waals surface area contributed by atoms with Gasteiger partial charge in [0.25, 0.3) is 5.91 Å². The van der Waals surface area contributed by atoms with Crippen molar-refractivity contribution in [2.45, 2.75) is 53.0 Å². The molecule has 3 N–H and O–H groups in total. The third-order valence-electron chi connectivity index (χ3n) is 5.08. The van der Waals surface area contributed by atoms with Crippen molar-refractivity contribution in [1.82, 2.24) is 4.90 Å². The molecule has 5 heteroatoms. The number of aliphatic hydroxyl groups excluding tert-OH is 1. The Labute approximate surface area is 153 Å². The van der Waals surface area contributed by atoms with Crippen LogP contribution in [-0.4, -0.2) is 49.3 Å². The van der Waals surface area contributed by atoms with Gasteiger partial charge < -0.3 is 20.5 Å². The number of carbonyl (C=O) groups excluding carboxylic acids is 1. The number of rotatable bonds is 3. The van der Waals surface area contributed by atoms with E-state index in [1.54, 1.807) is 7.11 Å². The lowest BCUT2D eigenvalue weighted by atomic mass is 10.0. The number of nitrogens with zero attached hydrogens (tertiary/aromatic N) is 1. The summed E-state index contributed by atoms with van der Waals surface area (Å²) >= 11 is 0. The molecular formula is C20H36N2O3. The molecule has 1 spiro atoms. The summed E-state index contributed by atoms with van der Waals surface area (Å²) in [4.78, 5) is 14.9. The van der Waals surface area contributed by atoms with E-state index in [0.717, 1.165) is 42.5 Å². The van der Waals surface area contributed by atoms with Gasteiger partial charge in [-0.1, -0.05) is 19.9 Å². The van der Waals surface area contributed by atoms with Gasteiger partial charge in [-0.15, -0.1) is 0 Å². The summed E-state index contributed by atoms with van der Waals surface area (Å²) in [6.07, 6.45) is 3.55. The van der Waals surface area contributed by atoms with E-state index in [9.17, 15) is 4.79 Å². The van der Waals surface area contributed by atoms with Crippen molar-refractivity contribution < 1.29 is 16.1 Å². The van der Waals surface area contributed by atoms with Crippen LogP contribution in [0.15, 0.2) is 12.1 Å². The lowest BCUT2D eigenvalue weighted by Crippen LogP contribution is -2.40. The normalized spacial score (nSPS) is 19.5. The van der Waals surface area contributed by atoms with Crippen molar-refractivity contribution in [2.75, 3.05) is 27.3 Å². The zero-order chi connectivity index (χ0) is 19.2. The van der Waals surface area contributed by atoms with E-state index in [4.69, 9.17) is 15.6 Å². The summed E-state index contributed by atoms with van der Waals surface area (Å²) in [5.41, 5.74) is 9.07. The molecule has 1 heterocycles. The van der Waals surface area contributed by atoms with E-state index in [-0.39, 0.29) is 13.4 Å². The van der Waals surface area contributed by atoms with Crippen molar-refractivity contribution >= 4 is 5.91 Å². The van der Waals surface area contributed by atoms with E-state index >= 15 is 0 Å². The molecule has 5 nitrogen and oxygen atoms in total. The zero-order valence-corrected chi connectivity index (χ0v) is 16.6. The zero-order valence-electron chi connectivity index (χ0n) is 16.6. The van der Waals surface area contributed by atoms with E-state index in [1.165, 1.54) is 12.8 Å². The Kier molecular flexibility index (Phi) is 7.90. The first kappa shape index (κ1) is 21.5. The van der Waals surface area contributed by atoms with Gasteiger partial charge in [-0.25, -0.2) is 0 Å². The predicted octanol–water partition coefficient (Wildman–Crippen LogP) is 3.15. The highest BCUT2D eigenvalue weighted by atomic mass is 16.5. The van der Waals surface area contributed by atoms with Crippen LogP contribution in [0.4, 0.5) is 0 Å². The van der Waals surface area contributed by atoms with Gasteiger partial charge in [-0.05, 0) is 55.7 Å². The van der Waals surface area contributed by atoms with Gasteiger partial charge in [-0.2, -0.15) is 0 Å². The number of likely N-dealkylation sites (tertiary alicyclic amines) is 1. The van der Waals surface area contributed by atoms with Gasteiger partial charge in [0, 0.05) is 33.2 Å². The van der Waals surface area contributed by atoms with Crippen LogP contribution in [0, 0.1) is 19.3 Å². The number of benzene rings is 1. The van der Waals surface area contributed by atoms with Crippen molar-refractivity contribution in [3.63, 3.8) is 0 Å². The summed E-state index contributed by atoms with van der Waals surface area (Å²) in [7, 11) is 2.64. The fourth-order valence-electron chi connectivity index (χ4n) is 3.59. The molecule has 1 aromatic carbocycles. The van der Waals surface area contributed by atoms with Crippen molar-refractivity contribution in [3.05, 3.63) is 28.8 Å². The topological polar surface area (TPSA) is 75.8 Å². The fourth-order valence-corrected chi connectivity index (χ4v) is 3.59. The molecule has 1 aliphatic heterocycles. The smallest absolute Gasteiger partial charge is 0.254 e. The quantitative estimate of drug-likeness (QED) is 0.876. The minimum Gasteiger partial charge on any atom is -0.496 e. The Balaban J connectivity index is 0.00000117. The van der Waals surface area contributed by atoms with Crippen LogP contribution in [0.3, 0.4) is 0 Å². The van der Waals surface area contributed by atoms with Crippen LogP contribution < -0.4 is 10.5 Å². The summed E-state index contributed by atoms with van der Waals surface area (Å²) in [6, 6.07) is 4.08. The molecule has 0 aromatic heterocycles. The predicted molar refractivity (Wildman–Crippen MR) is 104 cm³/mol. The molecule has 1 saturated carbocycles. The SMILES string of the molecule is CC.CO.COc1cc(C(=O)N2CC3(CC3)CC2CN)c(C)cc1C.[HH]. The molecule has 2 aliphatic rings. The van der Waals surface area contributed by atoms with Crippen LogP contribution in [0.2, 0.25) is 0 Å². The number of amides is 1. The van der Waals surface area contributed by atoms with E-state index in [0.29, 0.717) is 12.0 Å². The summed E-state index contributed by atoms with van der Waals surface area (Å²) < 4.78 is 5.36. The van der Waals surface area contributed by atoms with Crippen molar-refractivity contribution in [2.24, 2.45) is 11.1 Å². The first-order valence-electron chi connectivity index (χ1n) is 9.11. The number of ether oxygens (including phenoxy) is 1. The number of hydrogen-bond acceptors (Lipinski definition) is 4. The van der Waals surface area contributed by atoms with Crippen LogP contribution in [0.5, 0.6) is 5.75 Å². The van der Waals surface area contributed by atoms with Gasteiger partial charge in [0.2, 0.25) is 0 Å². The van der Waals surface area contributed by atoms with Crippen molar-refractivity contribution in [1.29, 1.82) is 0 Å². The van der Waals surface area contributed by atoms with Gasteiger partial charge in [0.1, 0.15) is 5.75 Å². The Morgan fingerprint density at radius 2 is 1.92 bits per heavy atom. The maximum atomic E-state index is 12.9.